The summed E-state index contributed by atoms with van der Waals surface area (Å²) in [6, 6.07) is 7.88. The highest BCUT2D eigenvalue weighted by atomic mass is 32.2. The molecule has 1 unspecified atom stereocenters. The molecule has 0 spiro atoms. The first kappa shape index (κ1) is 13.2. The van der Waals surface area contributed by atoms with Gasteiger partial charge in [-0.3, -0.25) is 9.78 Å². The Hall–Kier alpha value is -1.75. The predicted molar refractivity (Wildman–Crippen MR) is 78.3 cm³/mol. The van der Waals surface area contributed by atoms with Crippen molar-refractivity contribution in [3.05, 3.63) is 53.7 Å². The molecule has 0 radical (unpaired) electrons. The molecule has 1 amide bonds. The van der Waals surface area contributed by atoms with Gasteiger partial charge in [-0.05, 0) is 43.2 Å². The zero-order valence-corrected chi connectivity index (χ0v) is 12.1. The molecule has 0 bridgehead atoms. The Morgan fingerprint density at radius 2 is 2.15 bits per heavy atom. The van der Waals surface area contributed by atoms with Gasteiger partial charge in [0.2, 0.25) is 5.91 Å². The van der Waals surface area contributed by atoms with Gasteiger partial charge in [0.1, 0.15) is 16.9 Å². The van der Waals surface area contributed by atoms with Crippen molar-refractivity contribution < 1.29 is 9.21 Å². The maximum Gasteiger partial charge on any atom is 0.233 e. The number of carbonyl (C=O) groups is 1. The minimum absolute atomic E-state index is 0.0121. The van der Waals surface area contributed by atoms with Crippen LogP contribution < -0.4 is 0 Å². The second kappa shape index (κ2) is 5.71. The number of furan rings is 1. The van der Waals surface area contributed by atoms with Crippen LogP contribution in [0.3, 0.4) is 0 Å². The smallest absolute Gasteiger partial charge is 0.233 e. The van der Waals surface area contributed by atoms with Crippen LogP contribution >= 0.6 is 11.8 Å². The second-order valence-corrected chi connectivity index (χ2v) is 5.87. The fourth-order valence-electron chi connectivity index (χ4n) is 2.32. The van der Waals surface area contributed by atoms with Crippen molar-refractivity contribution >= 4 is 17.7 Å². The summed E-state index contributed by atoms with van der Waals surface area (Å²) >= 11 is 1.63. The fraction of sp³-hybridized carbons (Fsp3) is 0.333. The molecule has 3 rings (SSSR count). The van der Waals surface area contributed by atoms with Gasteiger partial charge in [0, 0.05) is 18.9 Å². The third kappa shape index (κ3) is 2.72. The number of carbonyl (C=O) groups excluding carboxylic acids is 1. The lowest BCUT2D eigenvalue weighted by Gasteiger charge is -2.22. The molecule has 5 heteroatoms. The number of pyridine rings is 1. The zero-order chi connectivity index (χ0) is 13.9. The standard InChI is InChI=1S/C15H16N2O2S/c1-11-2-3-13(19-11)15-17(14(18)10-20-15)9-6-12-4-7-16-8-5-12/h2-5,7-8,15H,6,9-10H2,1H3. The van der Waals surface area contributed by atoms with Crippen LogP contribution in [0, 0.1) is 6.92 Å². The number of rotatable bonds is 4. The highest BCUT2D eigenvalue weighted by Crippen LogP contribution is 2.39. The normalized spacial score (nSPS) is 18.8. The molecule has 104 valence electrons. The minimum Gasteiger partial charge on any atom is -0.463 e. The lowest BCUT2D eigenvalue weighted by Crippen LogP contribution is -2.30. The van der Waals surface area contributed by atoms with Gasteiger partial charge in [-0.2, -0.15) is 0 Å². The van der Waals surface area contributed by atoms with Gasteiger partial charge in [-0.1, -0.05) is 0 Å². The largest absolute Gasteiger partial charge is 0.463 e. The van der Waals surface area contributed by atoms with Crippen LogP contribution in [0.25, 0.3) is 0 Å². The monoisotopic (exact) mass is 288 g/mol. The van der Waals surface area contributed by atoms with E-state index in [4.69, 9.17) is 4.42 Å². The molecular weight excluding hydrogens is 272 g/mol. The average Bonchev–Trinajstić information content (AvgIpc) is 3.04. The summed E-state index contributed by atoms with van der Waals surface area (Å²) < 4.78 is 5.67. The van der Waals surface area contributed by atoms with Gasteiger partial charge in [-0.15, -0.1) is 11.8 Å². The Morgan fingerprint density at radius 1 is 1.35 bits per heavy atom. The molecule has 1 aliphatic heterocycles. The number of thioether (sulfide) groups is 1. The summed E-state index contributed by atoms with van der Waals surface area (Å²) in [5.74, 6) is 2.46. The van der Waals surface area contributed by atoms with Crippen LogP contribution in [0.4, 0.5) is 0 Å². The number of hydrogen-bond acceptors (Lipinski definition) is 4. The molecule has 2 aromatic rings. The molecule has 1 saturated heterocycles. The first-order valence-corrected chi connectivity index (χ1v) is 7.65. The molecule has 4 nitrogen and oxygen atoms in total. The van der Waals surface area contributed by atoms with Gasteiger partial charge >= 0.3 is 0 Å². The molecule has 2 aromatic heterocycles. The Balaban J connectivity index is 1.71. The maximum absolute atomic E-state index is 12.0. The van der Waals surface area contributed by atoms with Crippen molar-refractivity contribution in [2.75, 3.05) is 12.3 Å². The molecule has 1 aliphatic rings. The molecule has 0 aromatic carbocycles. The summed E-state index contributed by atoms with van der Waals surface area (Å²) in [5.41, 5.74) is 1.19. The van der Waals surface area contributed by atoms with E-state index >= 15 is 0 Å². The Morgan fingerprint density at radius 3 is 2.85 bits per heavy atom. The summed E-state index contributed by atoms with van der Waals surface area (Å²) in [7, 11) is 0. The molecule has 1 fully saturated rings. The third-order valence-corrected chi connectivity index (χ3v) is 4.58. The van der Waals surface area contributed by atoms with Gasteiger partial charge in [-0.25, -0.2) is 0 Å². The third-order valence-electron chi connectivity index (χ3n) is 3.36. The SMILES string of the molecule is Cc1ccc(C2SCC(=O)N2CCc2ccncc2)o1. The van der Waals surface area contributed by atoms with Gasteiger partial charge in [0.25, 0.3) is 0 Å². The van der Waals surface area contributed by atoms with Gasteiger partial charge in [0.05, 0.1) is 5.75 Å². The Bertz CT molecular complexity index is 597. The first-order chi connectivity index (χ1) is 9.74. The number of amides is 1. The van der Waals surface area contributed by atoms with Crippen LogP contribution in [0.2, 0.25) is 0 Å². The van der Waals surface area contributed by atoms with E-state index in [-0.39, 0.29) is 11.3 Å². The van der Waals surface area contributed by atoms with E-state index in [0.29, 0.717) is 12.3 Å². The number of aryl methyl sites for hydroxylation is 1. The Kier molecular flexibility index (Phi) is 3.78. The van der Waals surface area contributed by atoms with Crippen molar-refractivity contribution in [1.82, 2.24) is 9.88 Å². The maximum atomic E-state index is 12.0. The highest BCUT2D eigenvalue weighted by molar-refractivity contribution is 8.00. The van der Waals surface area contributed by atoms with E-state index < -0.39 is 0 Å². The summed E-state index contributed by atoms with van der Waals surface area (Å²) in [4.78, 5) is 17.9. The number of aromatic nitrogens is 1. The topological polar surface area (TPSA) is 46.3 Å². The van der Waals surface area contributed by atoms with Crippen molar-refractivity contribution in [1.29, 1.82) is 0 Å². The van der Waals surface area contributed by atoms with E-state index in [2.05, 4.69) is 4.98 Å². The van der Waals surface area contributed by atoms with E-state index in [0.717, 1.165) is 17.9 Å². The number of hydrogen-bond donors (Lipinski definition) is 0. The van der Waals surface area contributed by atoms with Crippen LogP contribution in [0.5, 0.6) is 0 Å². The van der Waals surface area contributed by atoms with E-state index in [1.54, 1.807) is 24.2 Å². The van der Waals surface area contributed by atoms with E-state index in [1.807, 2.05) is 36.1 Å². The van der Waals surface area contributed by atoms with Crippen molar-refractivity contribution in [3.63, 3.8) is 0 Å². The molecule has 0 saturated carbocycles. The van der Waals surface area contributed by atoms with E-state index in [9.17, 15) is 4.79 Å². The van der Waals surface area contributed by atoms with Gasteiger partial charge in [0.15, 0.2) is 0 Å². The lowest BCUT2D eigenvalue weighted by atomic mass is 10.2. The Labute approximate surface area is 122 Å². The van der Waals surface area contributed by atoms with Crippen LogP contribution in [0.15, 0.2) is 41.1 Å². The molecule has 1 atom stereocenters. The minimum atomic E-state index is 0.0121. The number of nitrogens with zero attached hydrogens (tertiary/aromatic N) is 2. The average molecular weight is 288 g/mol. The zero-order valence-electron chi connectivity index (χ0n) is 11.3. The first-order valence-electron chi connectivity index (χ1n) is 6.60. The lowest BCUT2D eigenvalue weighted by molar-refractivity contribution is -0.128. The predicted octanol–water partition coefficient (Wildman–Crippen LogP) is 2.80. The van der Waals surface area contributed by atoms with Gasteiger partial charge < -0.3 is 9.32 Å². The fourth-order valence-corrected chi connectivity index (χ4v) is 3.48. The molecule has 0 N–H and O–H groups in total. The van der Waals surface area contributed by atoms with Crippen molar-refractivity contribution in [2.45, 2.75) is 18.7 Å². The summed E-state index contributed by atoms with van der Waals surface area (Å²) in [5, 5.41) is 0.0121. The quantitative estimate of drug-likeness (QED) is 0.868. The second-order valence-electron chi connectivity index (χ2n) is 4.80. The van der Waals surface area contributed by atoms with Crippen LogP contribution in [-0.2, 0) is 11.2 Å². The van der Waals surface area contributed by atoms with Crippen LogP contribution in [-0.4, -0.2) is 28.1 Å². The van der Waals surface area contributed by atoms with Crippen molar-refractivity contribution in [3.8, 4) is 0 Å². The summed E-state index contributed by atoms with van der Waals surface area (Å²) in [6.07, 6.45) is 4.40. The molecule has 3 heterocycles. The molecular formula is C15H16N2O2S. The molecule has 0 aliphatic carbocycles. The molecule has 20 heavy (non-hydrogen) atoms. The highest BCUT2D eigenvalue weighted by Gasteiger charge is 2.34. The van der Waals surface area contributed by atoms with Crippen molar-refractivity contribution in [2.24, 2.45) is 0 Å². The van der Waals surface area contributed by atoms with E-state index in [1.165, 1.54) is 5.56 Å². The summed E-state index contributed by atoms with van der Waals surface area (Å²) in [6.45, 7) is 2.63. The van der Waals surface area contributed by atoms with Crippen LogP contribution in [0.1, 0.15) is 22.5 Å².